The first-order valence-corrected chi connectivity index (χ1v) is 8.20. The number of halogens is 2. The van der Waals surface area contributed by atoms with E-state index in [1.54, 1.807) is 17.1 Å². The number of hydrogen-bond acceptors (Lipinski definition) is 3. The molecule has 2 aromatic rings. The summed E-state index contributed by atoms with van der Waals surface area (Å²) >= 11 is 5.95. The number of aryl methyl sites for hydroxylation is 1. The van der Waals surface area contributed by atoms with Gasteiger partial charge in [0.2, 0.25) is 0 Å². The van der Waals surface area contributed by atoms with Crippen molar-refractivity contribution >= 4 is 41.5 Å². The van der Waals surface area contributed by atoms with Gasteiger partial charge in [-0.25, -0.2) is 14.7 Å². The zero-order valence-electron chi connectivity index (χ0n) is 13.6. The molecule has 0 bridgehead atoms. The fourth-order valence-electron chi connectivity index (χ4n) is 2.48. The number of rotatable bonds is 5. The van der Waals surface area contributed by atoms with Crippen molar-refractivity contribution in [3.05, 3.63) is 40.8 Å². The first kappa shape index (κ1) is 19.0. The molecule has 3 rings (SSSR count). The van der Waals surface area contributed by atoms with Crippen LogP contribution in [-0.4, -0.2) is 27.3 Å². The van der Waals surface area contributed by atoms with Crippen molar-refractivity contribution in [2.24, 2.45) is 16.6 Å². The number of nitrogens with zero attached hydrogens (tertiary/aromatic N) is 4. The molecular formula is C16H22ClIN6. The SMILES string of the molecule is Cc1ccc(CN=C(N)NCC2CCC2)c(-n2cc(Cl)cn2)n1.I. The lowest BCUT2D eigenvalue weighted by atomic mass is 9.85. The Labute approximate surface area is 163 Å². The van der Waals surface area contributed by atoms with Gasteiger partial charge in [0.15, 0.2) is 11.8 Å². The molecule has 3 N–H and O–H groups in total. The number of pyridine rings is 1. The van der Waals surface area contributed by atoms with Crippen molar-refractivity contribution in [2.75, 3.05) is 6.54 Å². The van der Waals surface area contributed by atoms with Crippen LogP contribution in [0.4, 0.5) is 0 Å². The zero-order valence-corrected chi connectivity index (χ0v) is 16.7. The normalized spacial score (nSPS) is 14.8. The molecule has 0 radical (unpaired) electrons. The molecule has 2 aromatic heterocycles. The fourth-order valence-corrected chi connectivity index (χ4v) is 2.62. The predicted molar refractivity (Wildman–Crippen MR) is 107 cm³/mol. The molecule has 24 heavy (non-hydrogen) atoms. The molecule has 0 amide bonds. The molecular weight excluding hydrogens is 439 g/mol. The van der Waals surface area contributed by atoms with E-state index in [-0.39, 0.29) is 24.0 Å². The van der Waals surface area contributed by atoms with Crippen molar-refractivity contribution < 1.29 is 0 Å². The van der Waals surface area contributed by atoms with Gasteiger partial charge in [0.1, 0.15) is 0 Å². The highest BCUT2D eigenvalue weighted by Crippen LogP contribution is 2.25. The third-order valence-corrected chi connectivity index (χ3v) is 4.27. The average Bonchev–Trinajstić information content (AvgIpc) is 2.91. The minimum Gasteiger partial charge on any atom is -0.370 e. The van der Waals surface area contributed by atoms with Crippen LogP contribution in [0.3, 0.4) is 0 Å². The first-order chi connectivity index (χ1) is 11.1. The third-order valence-electron chi connectivity index (χ3n) is 4.08. The highest BCUT2D eigenvalue weighted by Gasteiger charge is 2.16. The van der Waals surface area contributed by atoms with Crippen LogP contribution >= 0.6 is 35.6 Å². The highest BCUT2D eigenvalue weighted by atomic mass is 127. The maximum atomic E-state index is 5.95. The molecule has 130 valence electrons. The Balaban J connectivity index is 0.00000208. The lowest BCUT2D eigenvalue weighted by Crippen LogP contribution is -2.37. The molecule has 0 atom stereocenters. The Morgan fingerprint density at radius 1 is 1.46 bits per heavy atom. The maximum Gasteiger partial charge on any atom is 0.188 e. The first-order valence-electron chi connectivity index (χ1n) is 7.82. The Morgan fingerprint density at radius 3 is 2.88 bits per heavy atom. The second-order valence-corrected chi connectivity index (χ2v) is 6.35. The number of aromatic nitrogens is 3. The van der Waals surface area contributed by atoms with Crippen molar-refractivity contribution in [3.63, 3.8) is 0 Å². The maximum absolute atomic E-state index is 5.95. The van der Waals surface area contributed by atoms with E-state index < -0.39 is 0 Å². The zero-order chi connectivity index (χ0) is 16.2. The molecule has 1 saturated carbocycles. The van der Waals surface area contributed by atoms with Crippen LogP contribution in [0.5, 0.6) is 0 Å². The summed E-state index contributed by atoms with van der Waals surface area (Å²) in [6, 6.07) is 3.95. The summed E-state index contributed by atoms with van der Waals surface area (Å²) < 4.78 is 1.66. The van der Waals surface area contributed by atoms with Crippen LogP contribution in [0, 0.1) is 12.8 Å². The summed E-state index contributed by atoms with van der Waals surface area (Å²) in [6.07, 6.45) is 7.22. The second kappa shape index (κ2) is 8.66. The Hall–Kier alpha value is -1.35. The fraction of sp³-hybridized carbons (Fsp3) is 0.438. The average molecular weight is 461 g/mol. The molecule has 0 unspecified atom stereocenters. The Bertz CT molecular complexity index is 710. The van der Waals surface area contributed by atoms with Crippen LogP contribution in [0.25, 0.3) is 5.82 Å². The van der Waals surface area contributed by atoms with Gasteiger partial charge < -0.3 is 11.1 Å². The lowest BCUT2D eigenvalue weighted by molar-refractivity contribution is 0.315. The Morgan fingerprint density at radius 2 is 2.25 bits per heavy atom. The molecule has 8 heteroatoms. The molecule has 6 nitrogen and oxygen atoms in total. The third kappa shape index (κ3) is 4.83. The molecule has 0 aromatic carbocycles. The van der Waals surface area contributed by atoms with Gasteiger partial charge in [-0.05, 0) is 31.7 Å². The van der Waals surface area contributed by atoms with Gasteiger partial charge in [0, 0.05) is 17.8 Å². The highest BCUT2D eigenvalue weighted by molar-refractivity contribution is 14.0. The van der Waals surface area contributed by atoms with Gasteiger partial charge >= 0.3 is 0 Å². The summed E-state index contributed by atoms with van der Waals surface area (Å²) in [5, 5.41) is 7.99. The minimum absolute atomic E-state index is 0. The van der Waals surface area contributed by atoms with Gasteiger partial charge in [-0.1, -0.05) is 24.1 Å². The standard InChI is InChI=1S/C16H21ClN6.HI/c1-11-5-6-13(15(22-11)23-10-14(17)9-21-23)8-20-16(18)19-7-12-3-2-4-12;/h5-6,9-10,12H,2-4,7-8H2,1H3,(H3,18,19,20);1H. The molecule has 1 aliphatic rings. The van der Waals surface area contributed by atoms with E-state index in [0.717, 1.165) is 29.5 Å². The van der Waals surface area contributed by atoms with Crippen molar-refractivity contribution in [3.8, 4) is 5.82 Å². The second-order valence-electron chi connectivity index (χ2n) is 5.92. The molecule has 2 heterocycles. The monoisotopic (exact) mass is 460 g/mol. The number of aliphatic imine (C=N–C) groups is 1. The van der Waals surface area contributed by atoms with Crippen LogP contribution < -0.4 is 11.1 Å². The van der Waals surface area contributed by atoms with Crippen LogP contribution in [0.2, 0.25) is 5.02 Å². The summed E-state index contributed by atoms with van der Waals surface area (Å²) in [5.74, 6) is 1.95. The summed E-state index contributed by atoms with van der Waals surface area (Å²) in [6.45, 7) is 3.29. The number of nitrogens with two attached hydrogens (primary N) is 1. The van der Waals surface area contributed by atoms with Gasteiger partial charge in [0.25, 0.3) is 0 Å². The van der Waals surface area contributed by atoms with Gasteiger partial charge in [-0.2, -0.15) is 5.10 Å². The van der Waals surface area contributed by atoms with Crippen LogP contribution in [0.15, 0.2) is 29.5 Å². The van der Waals surface area contributed by atoms with E-state index in [1.807, 2.05) is 19.1 Å². The largest absolute Gasteiger partial charge is 0.370 e. The number of guanidine groups is 1. The van der Waals surface area contributed by atoms with Gasteiger partial charge in [-0.15, -0.1) is 24.0 Å². The van der Waals surface area contributed by atoms with E-state index >= 15 is 0 Å². The molecule has 0 aliphatic heterocycles. The van der Waals surface area contributed by atoms with Crippen LogP contribution in [-0.2, 0) is 6.54 Å². The summed E-state index contributed by atoms with van der Waals surface area (Å²) in [5.41, 5.74) is 7.81. The molecule has 0 saturated heterocycles. The van der Waals surface area contributed by atoms with E-state index in [0.29, 0.717) is 17.5 Å². The van der Waals surface area contributed by atoms with E-state index in [9.17, 15) is 0 Å². The lowest BCUT2D eigenvalue weighted by Gasteiger charge is -2.25. The molecule has 1 aliphatic carbocycles. The van der Waals surface area contributed by atoms with E-state index in [2.05, 4.69) is 20.4 Å². The van der Waals surface area contributed by atoms with Gasteiger partial charge in [-0.3, -0.25) is 0 Å². The smallest absolute Gasteiger partial charge is 0.188 e. The summed E-state index contributed by atoms with van der Waals surface area (Å²) in [7, 11) is 0. The van der Waals surface area contributed by atoms with Gasteiger partial charge in [0.05, 0.1) is 24.0 Å². The number of hydrogen-bond donors (Lipinski definition) is 2. The Kier molecular flexibility index (Phi) is 6.85. The number of nitrogens with one attached hydrogen (secondary N) is 1. The van der Waals surface area contributed by atoms with E-state index in [4.69, 9.17) is 17.3 Å². The summed E-state index contributed by atoms with van der Waals surface area (Å²) in [4.78, 5) is 8.96. The van der Waals surface area contributed by atoms with Crippen molar-refractivity contribution in [2.45, 2.75) is 32.7 Å². The topological polar surface area (TPSA) is 81.1 Å². The van der Waals surface area contributed by atoms with Crippen LogP contribution in [0.1, 0.15) is 30.5 Å². The predicted octanol–water partition coefficient (Wildman–Crippen LogP) is 3.05. The van der Waals surface area contributed by atoms with Crippen molar-refractivity contribution in [1.82, 2.24) is 20.1 Å². The molecule has 0 spiro atoms. The quantitative estimate of drug-likeness (QED) is 0.408. The van der Waals surface area contributed by atoms with Crippen molar-refractivity contribution in [1.29, 1.82) is 0 Å². The van der Waals surface area contributed by atoms with E-state index in [1.165, 1.54) is 19.3 Å². The minimum atomic E-state index is 0. The molecule has 1 fully saturated rings.